The zero-order valence-corrected chi connectivity index (χ0v) is 9.15. The van der Waals surface area contributed by atoms with Crippen molar-refractivity contribution in [1.29, 1.82) is 0 Å². The van der Waals surface area contributed by atoms with Crippen molar-refractivity contribution in [3.05, 3.63) is 18.0 Å². The lowest BCUT2D eigenvalue weighted by atomic mass is 10.2. The summed E-state index contributed by atoms with van der Waals surface area (Å²) in [5, 5.41) is 7.46. The van der Waals surface area contributed by atoms with E-state index < -0.39 is 0 Å². The third-order valence-corrected chi connectivity index (χ3v) is 2.20. The van der Waals surface area contributed by atoms with E-state index in [1.165, 1.54) is 11.5 Å². The Morgan fingerprint density at radius 2 is 2.36 bits per heavy atom. The summed E-state index contributed by atoms with van der Waals surface area (Å²) < 4.78 is 3.75. The molecule has 0 aromatic carbocycles. The van der Waals surface area contributed by atoms with Gasteiger partial charge in [0.2, 0.25) is 0 Å². The summed E-state index contributed by atoms with van der Waals surface area (Å²) in [7, 11) is 0. The largest absolute Gasteiger partial charge is 0.348 e. The van der Waals surface area contributed by atoms with Crippen molar-refractivity contribution in [3.8, 4) is 0 Å². The average molecular weight is 211 g/mol. The fraction of sp³-hybridized carbons (Fsp3) is 0.444. The second-order valence-corrected chi connectivity index (χ2v) is 3.78. The second kappa shape index (κ2) is 4.85. The molecule has 0 spiro atoms. The van der Waals surface area contributed by atoms with E-state index in [2.05, 4.69) is 21.5 Å². The number of carbonyl (C=O) groups excluding carboxylic acids is 1. The summed E-state index contributed by atoms with van der Waals surface area (Å²) in [6, 6.07) is 0. The fourth-order valence-electron chi connectivity index (χ4n) is 0.994. The van der Waals surface area contributed by atoms with Gasteiger partial charge in [-0.1, -0.05) is 18.0 Å². The Hall–Kier alpha value is -1.23. The first-order valence-electron chi connectivity index (χ1n) is 4.43. The minimum Gasteiger partial charge on any atom is -0.348 e. The summed E-state index contributed by atoms with van der Waals surface area (Å²) in [6.07, 6.45) is 1.33. The number of carbonyl (C=O) groups is 1. The number of rotatable bonds is 5. The Bertz CT molecular complexity index is 346. The molecule has 0 aliphatic rings. The lowest BCUT2D eigenvalue weighted by Crippen LogP contribution is -2.03. The molecule has 0 aliphatic heterocycles. The molecule has 4 nitrogen and oxygen atoms in total. The third-order valence-electron chi connectivity index (χ3n) is 1.56. The van der Waals surface area contributed by atoms with Crippen LogP contribution in [0.25, 0.3) is 0 Å². The van der Waals surface area contributed by atoms with Gasteiger partial charge in [-0.05, 0) is 13.3 Å². The number of anilines is 1. The lowest BCUT2D eigenvalue weighted by molar-refractivity contribution is 0.0977. The van der Waals surface area contributed by atoms with E-state index in [1.54, 1.807) is 0 Å². The van der Waals surface area contributed by atoms with Crippen molar-refractivity contribution in [3.63, 3.8) is 0 Å². The first-order valence-corrected chi connectivity index (χ1v) is 5.20. The highest BCUT2D eigenvalue weighted by molar-refractivity contribution is 7.10. The van der Waals surface area contributed by atoms with Crippen LogP contribution in [-0.2, 0) is 0 Å². The summed E-state index contributed by atoms with van der Waals surface area (Å²) in [5.41, 5.74) is 1.21. The van der Waals surface area contributed by atoms with E-state index in [1.807, 2.05) is 13.8 Å². The number of nitrogens with zero attached hydrogens (tertiary/aromatic N) is 2. The number of ketones is 1. The number of Topliss-reactive ketones (excluding diaryl/α,β-unsaturated/α-hetero) is 1. The zero-order valence-electron chi connectivity index (χ0n) is 8.33. The molecule has 0 atom stereocenters. The molecular formula is C9H13N3OS. The highest BCUT2D eigenvalue weighted by Gasteiger charge is 2.14. The fourth-order valence-corrected chi connectivity index (χ4v) is 1.66. The summed E-state index contributed by atoms with van der Waals surface area (Å²) >= 11 is 1.18. The van der Waals surface area contributed by atoms with Gasteiger partial charge in [0, 0.05) is 23.7 Å². The van der Waals surface area contributed by atoms with Crippen LogP contribution in [0.5, 0.6) is 0 Å². The number of nitrogens with one attached hydrogen (secondary N) is 1. The van der Waals surface area contributed by atoms with Crippen LogP contribution in [0.4, 0.5) is 5.00 Å². The highest BCUT2D eigenvalue weighted by Crippen LogP contribution is 2.20. The predicted octanol–water partition coefficient (Wildman–Crippen LogP) is 2.47. The number of hydrogen-bond donors (Lipinski definition) is 1. The van der Waals surface area contributed by atoms with Gasteiger partial charge in [0.25, 0.3) is 0 Å². The number of allylic oxidation sites excluding steroid dienone is 1. The Morgan fingerprint density at radius 3 is 2.93 bits per heavy atom. The molecule has 0 radical (unpaired) electrons. The van der Waals surface area contributed by atoms with Crippen molar-refractivity contribution in [1.82, 2.24) is 9.59 Å². The minimum atomic E-state index is 0.0324. The molecule has 0 aliphatic carbocycles. The number of aromatic nitrogens is 2. The molecule has 0 amide bonds. The van der Waals surface area contributed by atoms with Gasteiger partial charge in [-0.15, -0.1) is 5.10 Å². The van der Waals surface area contributed by atoms with Crippen molar-refractivity contribution < 1.29 is 4.79 Å². The Labute approximate surface area is 87.2 Å². The highest BCUT2D eigenvalue weighted by atomic mass is 32.1. The van der Waals surface area contributed by atoms with Gasteiger partial charge >= 0.3 is 0 Å². The maximum absolute atomic E-state index is 11.5. The molecule has 0 saturated heterocycles. The third kappa shape index (κ3) is 2.63. The molecular weight excluding hydrogens is 198 g/mol. The van der Waals surface area contributed by atoms with Crippen LogP contribution in [0.15, 0.2) is 12.3 Å². The van der Waals surface area contributed by atoms with Gasteiger partial charge in [0.15, 0.2) is 11.5 Å². The molecule has 5 heteroatoms. The van der Waals surface area contributed by atoms with Crippen LogP contribution in [0.3, 0.4) is 0 Å². The van der Waals surface area contributed by atoms with E-state index in [0.29, 0.717) is 17.1 Å². The van der Waals surface area contributed by atoms with Crippen LogP contribution >= 0.6 is 11.5 Å². The molecule has 0 unspecified atom stereocenters. The van der Waals surface area contributed by atoms with Crippen molar-refractivity contribution in [2.75, 3.05) is 5.32 Å². The summed E-state index contributed by atoms with van der Waals surface area (Å²) in [5.74, 6) is 0.0324. The maximum atomic E-state index is 11.5. The molecule has 76 valence electrons. The zero-order chi connectivity index (χ0) is 10.6. The first kappa shape index (κ1) is 10.8. The molecule has 0 fully saturated rings. The number of hydrogen-bond acceptors (Lipinski definition) is 5. The van der Waals surface area contributed by atoms with E-state index in [0.717, 1.165) is 12.1 Å². The Morgan fingerprint density at radius 1 is 1.64 bits per heavy atom. The van der Waals surface area contributed by atoms with Crippen LogP contribution < -0.4 is 5.32 Å². The van der Waals surface area contributed by atoms with E-state index in [-0.39, 0.29) is 5.78 Å². The standard InChI is InChI=1S/C9H13N3OS/c1-4-5-7(13)8-9(10-6(2)3)14-12-11-8/h10H,2,4-5H2,1,3H3. The molecule has 1 heterocycles. The quantitative estimate of drug-likeness (QED) is 0.760. The molecule has 1 N–H and O–H groups in total. The second-order valence-electron chi connectivity index (χ2n) is 3.03. The van der Waals surface area contributed by atoms with Crippen molar-refractivity contribution >= 4 is 22.3 Å². The van der Waals surface area contributed by atoms with Crippen molar-refractivity contribution in [2.24, 2.45) is 0 Å². The van der Waals surface area contributed by atoms with E-state index >= 15 is 0 Å². The van der Waals surface area contributed by atoms with Gasteiger partial charge in [-0.2, -0.15) is 0 Å². The minimum absolute atomic E-state index is 0.0324. The lowest BCUT2D eigenvalue weighted by Gasteiger charge is -2.01. The normalized spacial score (nSPS) is 9.86. The predicted molar refractivity (Wildman–Crippen MR) is 57.6 cm³/mol. The van der Waals surface area contributed by atoms with Gasteiger partial charge in [0.05, 0.1) is 0 Å². The first-order chi connectivity index (χ1) is 6.65. The van der Waals surface area contributed by atoms with Gasteiger partial charge in [0.1, 0.15) is 5.00 Å². The van der Waals surface area contributed by atoms with Gasteiger partial charge in [-0.3, -0.25) is 4.79 Å². The topological polar surface area (TPSA) is 54.9 Å². The SMILES string of the molecule is C=C(C)Nc1snnc1C(=O)CCC. The molecule has 1 aromatic heterocycles. The van der Waals surface area contributed by atoms with Crippen LogP contribution in [0, 0.1) is 0 Å². The van der Waals surface area contributed by atoms with E-state index in [4.69, 9.17) is 0 Å². The smallest absolute Gasteiger partial charge is 0.186 e. The molecule has 1 rings (SSSR count). The van der Waals surface area contributed by atoms with E-state index in [9.17, 15) is 4.79 Å². The van der Waals surface area contributed by atoms with Crippen LogP contribution in [0.1, 0.15) is 37.2 Å². The maximum Gasteiger partial charge on any atom is 0.186 e. The van der Waals surface area contributed by atoms with Crippen LogP contribution in [0.2, 0.25) is 0 Å². The summed E-state index contributed by atoms with van der Waals surface area (Å²) in [4.78, 5) is 11.5. The molecule has 14 heavy (non-hydrogen) atoms. The van der Waals surface area contributed by atoms with Gasteiger partial charge in [-0.25, -0.2) is 0 Å². The average Bonchev–Trinajstić information content (AvgIpc) is 2.51. The Balaban J connectivity index is 2.81. The molecule has 1 aromatic rings. The van der Waals surface area contributed by atoms with Crippen LogP contribution in [-0.4, -0.2) is 15.4 Å². The summed E-state index contributed by atoms with van der Waals surface area (Å²) in [6.45, 7) is 7.49. The molecule has 0 saturated carbocycles. The molecule has 0 bridgehead atoms. The monoisotopic (exact) mass is 211 g/mol. The Kier molecular flexibility index (Phi) is 3.76. The van der Waals surface area contributed by atoms with Gasteiger partial charge < -0.3 is 5.32 Å². The van der Waals surface area contributed by atoms with Crippen molar-refractivity contribution in [2.45, 2.75) is 26.7 Å².